The van der Waals surface area contributed by atoms with Gasteiger partial charge in [0.15, 0.2) is 6.61 Å². The van der Waals surface area contributed by atoms with Crippen LogP contribution in [0.25, 0.3) is 0 Å². The average molecular weight is 430 g/mol. The fourth-order valence-electron chi connectivity index (χ4n) is 2.13. The third kappa shape index (κ3) is 10.1. The Morgan fingerprint density at radius 3 is 2.33 bits per heavy atom. The van der Waals surface area contributed by atoms with Crippen LogP contribution in [-0.2, 0) is 38.3 Å². The van der Waals surface area contributed by atoms with Gasteiger partial charge in [-0.15, -0.1) is 0 Å². The van der Waals surface area contributed by atoms with Crippen molar-refractivity contribution < 1.29 is 38.3 Å². The third-order valence-corrected chi connectivity index (χ3v) is 3.55. The van der Waals surface area contributed by atoms with Gasteiger partial charge in [0.25, 0.3) is 5.91 Å². The summed E-state index contributed by atoms with van der Waals surface area (Å²) in [4.78, 5) is 83.0. The maximum Gasteiger partial charge on any atom is 0.303 e. The van der Waals surface area contributed by atoms with Crippen LogP contribution in [0, 0.1) is 0 Å². The number of Topliss-reactive ketones (excluding diaryl/α,β-unsaturated/α-hetero) is 1. The second-order valence-corrected chi connectivity index (χ2v) is 6.15. The van der Waals surface area contributed by atoms with Gasteiger partial charge in [0, 0.05) is 6.92 Å². The number of ketones is 1. The highest BCUT2D eigenvalue weighted by Gasteiger charge is 2.26. The monoisotopic (exact) mass is 430 g/mol. The molecule has 1 unspecified atom stereocenters. The molecule has 14 heteroatoms. The number of nitrogens with one attached hydrogen (secondary N) is 4. The number of rotatable bonds is 5. The molecule has 0 saturated carbocycles. The van der Waals surface area contributed by atoms with Gasteiger partial charge in [-0.05, 0) is 6.92 Å². The maximum atomic E-state index is 12.1. The first-order chi connectivity index (χ1) is 13.6. The van der Waals surface area contributed by atoms with Crippen molar-refractivity contribution in [3.05, 3.63) is 0 Å². The Hall–Kier alpha value is -3.55. The first-order valence-corrected chi connectivity index (χ1v) is 8.59. The lowest BCUT2D eigenvalue weighted by atomic mass is 10.1. The van der Waals surface area contributed by atoms with Crippen LogP contribution in [0.1, 0.15) is 20.3 Å². The van der Waals surface area contributed by atoms with Crippen molar-refractivity contribution in [2.45, 2.75) is 26.3 Å². The summed E-state index contributed by atoms with van der Waals surface area (Å²) in [5.41, 5.74) is 0. The summed E-state index contributed by atoms with van der Waals surface area (Å²) in [6, 6.07) is -1.29. The Labute approximate surface area is 172 Å². The molecular weight excluding hydrogens is 404 g/mol. The average Bonchev–Trinajstić information content (AvgIpc) is 2.64. The van der Waals surface area contributed by atoms with Gasteiger partial charge in [-0.3, -0.25) is 33.6 Å². The van der Waals surface area contributed by atoms with E-state index in [2.05, 4.69) is 26.0 Å². The van der Waals surface area contributed by atoms with E-state index >= 15 is 0 Å². The molecule has 7 N–H and O–H groups in total. The number of ether oxygens (including phenoxy) is 1. The lowest BCUT2D eigenvalue weighted by Crippen LogP contribution is -2.55. The van der Waals surface area contributed by atoms with Gasteiger partial charge < -0.3 is 37.1 Å². The van der Waals surface area contributed by atoms with Crippen LogP contribution < -0.4 is 27.4 Å². The van der Waals surface area contributed by atoms with Gasteiger partial charge in [-0.2, -0.15) is 0 Å². The van der Waals surface area contributed by atoms with Crippen LogP contribution in [0.15, 0.2) is 0 Å². The molecule has 1 fully saturated rings. The summed E-state index contributed by atoms with van der Waals surface area (Å²) in [5, 5.41) is 9.21. The maximum absolute atomic E-state index is 12.1. The Bertz CT molecular complexity index is 710. The van der Waals surface area contributed by atoms with Crippen molar-refractivity contribution >= 4 is 41.3 Å². The van der Waals surface area contributed by atoms with Gasteiger partial charge in [-0.25, -0.2) is 0 Å². The van der Waals surface area contributed by atoms with E-state index in [1.54, 1.807) is 0 Å². The summed E-state index contributed by atoms with van der Waals surface area (Å²) >= 11 is 0. The van der Waals surface area contributed by atoms with Crippen molar-refractivity contribution in [1.29, 1.82) is 0 Å². The van der Waals surface area contributed by atoms with Gasteiger partial charge >= 0.3 is 5.97 Å². The predicted octanol–water partition coefficient (Wildman–Crippen LogP) is -3.68. The van der Waals surface area contributed by atoms with Gasteiger partial charge in [0.05, 0.1) is 26.2 Å². The fraction of sp³-hybridized carbons (Fsp3) is 0.562. The molecule has 1 atom stereocenters. The second-order valence-electron chi connectivity index (χ2n) is 6.15. The number of hydrogen-bond acceptors (Lipinski definition) is 9. The zero-order valence-electron chi connectivity index (χ0n) is 16.7. The number of carbonyl (C=O) groups is 7. The van der Waals surface area contributed by atoms with E-state index in [9.17, 15) is 33.6 Å². The highest BCUT2D eigenvalue weighted by atomic mass is 16.5. The normalized spacial score (nSPS) is 17.6. The quantitative estimate of drug-likeness (QED) is 0.271. The number of esters is 1. The molecule has 1 aliphatic heterocycles. The Morgan fingerprint density at radius 1 is 1.07 bits per heavy atom. The summed E-state index contributed by atoms with van der Waals surface area (Å²) in [7, 11) is 0. The highest BCUT2D eigenvalue weighted by Crippen LogP contribution is 1.97. The standard InChI is InChI=1S/C16H23N5O8.H3N/c1-9(22)4-18-16(28)11-3-12(24)19-8-21(15(27)7-29-10(2)23)6-14(26)17-5-13(25)20-11;/h11H,3-8H2,1-2H3,(H,17,26)(H,18,28)(H,19,24)(H,20,25);1H3. The number of hydrogen-bond donors (Lipinski definition) is 5. The first-order valence-electron chi connectivity index (χ1n) is 8.59. The zero-order chi connectivity index (χ0) is 22.0. The van der Waals surface area contributed by atoms with Crippen LogP contribution in [0.3, 0.4) is 0 Å². The molecule has 0 aromatic heterocycles. The largest absolute Gasteiger partial charge is 0.456 e. The minimum atomic E-state index is -1.29. The molecule has 5 amide bonds. The fourth-order valence-corrected chi connectivity index (χ4v) is 2.13. The SMILES string of the molecule is CC(=O)CNC(=O)C1CC(=O)NCN(C(=O)COC(C)=O)CC(=O)NCC(=O)N1.N. The highest BCUT2D eigenvalue weighted by molar-refractivity contribution is 5.95. The van der Waals surface area contributed by atoms with E-state index in [1.165, 1.54) is 6.92 Å². The molecule has 0 spiro atoms. The van der Waals surface area contributed by atoms with E-state index in [4.69, 9.17) is 0 Å². The molecule has 0 aromatic rings. The molecule has 30 heavy (non-hydrogen) atoms. The third-order valence-electron chi connectivity index (χ3n) is 3.55. The number of carbonyl (C=O) groups excluding carboxylic acids is 7. The van der Waals surface area contributed by atoms with Crippen LogP contribution in [0.2, 0.25) is 0 Å². The van der Waals surface area contributed by atoms with Crippen LogP contribution in [0.4, 0.5) is 0 Å². The molecule has 0 aromatic carbocycles. The van der Waals surface area contributed by atoms with Crippen LogP contribution in [-0.4, -0.2) is 85.1 Å². The summed E-state index contributed by atoms with van der Waals surface area (Å²) in [6.45, 7) is 0.0791. The van der Waals surface area contributed by atoms with Gasteiger partial charge in [-0.1, -0.05) is 0 Å². The van der Waals surface area contributed by atoms with E-state index in [0.29, 0.717) is 0 Å². The second kappa shape index (κ2) is 12.8. The molecule has 0 bridgehead atoms. The molecular formula is C16H26N6O8. The molecule has 168 valence electrons. The molecule has 0 radical (unpaired) electrons. The summed E-state index contributed by atoms with van der Waals surface area (Å²) in [6.07, 6.45) is -0.463. The van der Waals surface area contributed by atoms with E-state index < -0.39 is 67.7 Å². The molecule has 1 aliphatic rings. The van der Waals surface area contributed by atoms with Crippen molar-refractivity contribution in [2.75, 3.05) is 32.9 Å². The molecule has 1 rings (SSSR count). The molecule has 1 heterocycles. The topological polar surface area (TPSA) is 215 Å². The van der Waals surface area contributed by atoms with Gasteiger partial charge in [0.2, 0.25) is 23.6 Å². The Morgan fingerprint density at radius 2 is 1.73 bits per heavy atom. The Balaban J connectivity index is 0.00000841. The summed E-state index contributed by atoms with van der Waals surface area (Å²) < 4.78 is 4.58. The molecule has 14 nitrogen and oxygen atoms in total. The van der Waals surface area contributed by atoms with E-state index in [1.807, 2.05) is 0 Å². The van der Waals surface area contributed by atoms with Crippen molar-refractivity contribution in [3.63, 3.8) is 0 Å². The lowest BCUT2D eigenvalue weighted by Gasteiger charge is -2.24. The smallest absolute Gasteiger partial charge is 0.303 e. The summed E-state index contributed by atoms with van der Waals surface area (Å²) in [5.74, 6) is -4.66. The van der Waals surface area contributed by atoms with Crippen molar-refractivity contribution in [3.8, 4) is 0 Å². The molecule has 0 aliphatic carbocycles. The predicted molar refractivity (Wildman–Crippen MR) is 99.6 cm³/mol. The number of amides is 5. The Kier molecular flexibility index (Phi) is 11.3. The zero-order valence-corrected chi connectivity index (χ0v) is 16.7. The van der Waals surface area contributed by atoms with E-state index in [-0.39, 0.29) is 25.1 Å². The minimum Gasteiger partial charge on any atom is -0.456 e. The van der Waals surface area contributed by atoms with Gasteiger partial charge in [0.1, 0.15) is 18.4 Å². The minimum absolute atomic E-state index is 0. The van der Waals surface area contributed by atoms with Crippen molar-refractivity contribution in [2.24, 2.45) is 0 Å². The number of nitrogens with zero attached hydrogens (tertiary/aromatic N) is 1. The van der Waals surface area contributed by atoms with E-state index in [0.717, 1.165) is 11.8 Å². The molecule has 1 saturated heterocycles. The van der Waals surface area contributed by atoms with Crippen LogP contribution >= 0.6 is 0 Å². The van der Waals surface area contributed by atoms with Crippen LogP contribution in [0.5, 0.6) is 0 Å². The van der Waals surface area contributed by atoms with Crippen molar-refractivity contribution in [1.82, 2.24) is 32.3 Å². The first kappa shape index (κ1) is 26.4. The lowest BCUT2D eigenvalue weighted by molar-refractivity contribution is -0.151.